The third-order valence-electron chi connectivity index (χ3n) is 3.77. The lowest BCUT2D eigenvalue weighted by Crippen LogP contribution is -2.47. The first kappa shape index (κ1) is 15.4. The van der Waals surface area contributed by atoms with Gasteiger partial charge in [-0.25, -0.2) is 0 Å². The third kappa shape index (κ3) is 3.43. The van der Waals surface area contributed by atoms with Gasteiger partial charge in [-0.3, -0.25) is 4.79 Å². The first-order valence-electron chi connectivity index (χ1n) is 6.21. The van der Waals surface area contributed by atoms with Crippen LogP contribution in [0, 0.1) is 0 Å². The van der Waals surface area contributed by atoms with Crippen LogP contribution in [0.15, 0.2) is 12.3 Å². The highest BCUT2D eigenvalue weighted by Gasteiger charge is 2.39. The summed E-state index contributed by atoms with van der Waals surface area (Å²) < 4.78 is 16.7. The lowest BCUT2D eigenvalue weighted by Gasteiger charge is -2.38. The number of carbonyl (C=O) groups is 1. The van der Waals surface area contributed by atoms with Crippen molar-refractivity contribution in [3.63, 3.8) is 0 Å². The van der Waals surface area contributed by atoms with Gasteiger partial charge in [0.25, 0.3) is 0 Å². The highest BCUT2D eigenvalue weighted by molar-refractivity contribution is 6.74. The smallest absolute Gasteiger partial charge is 0.192 e. The van der Waals surface area contributed by atoms with Crippen LogP contribution in [-0.2, 0) is 18.7 Å². The van der Waals surface area contributed by atoms with Crippen molar-refractivity contribution in [2.24, 2.45) is 0 Å². The Balaban J connectivity index is 2.63. The van der Waals surface area contributed by atoms with E-state index in [-0.39, 0.29) is 16.9 Å². The summed E-state index contributed by atoms with van der Waals surface area (Å²) in [5.41, 5.74) is 0. The molecule has 0 saturated carbocycles. The van der Waals surface area contributed by atoms with Crippen LogP contribution in [0.3, 0.4) is 0 Å². The minimum absolute atomic E-state index is 0.0624. The lowest BCUT2D eigenvalue weighted by molar-refractivity contribution is -0.135. The number of methoxy groups -OCH3 is 1. The lowest BCUT2D eigenvalue weighted by atomic mass is 10.1. The Morgan fingerprint density at radius 2 is 2.00 bits per heavy atom. The molecular formula is C13H24O4Si. The van der Waals surface area contributed by atoms with Crippen molar-refractivity contribution in [1.82, 2.24) is 0 Å². The number of ketones is 1. The number of ether oxygens (including phenoxy) is 2. The van der Waals surface area contributed by atoms with Gasteiger partial charge in [-0.1, -0.05) is 20.8 Å². The molecule has 5 heteroatoms. The van der Waals surface area contributed by atoms with E-state index in [0.29, 0.717) is 6.61 Å². The molecule has 0 bridgehead atoms. The van der Waals surface area contributed by atoms with E-state index < -0.39 is 14.4 Å². The Morgan fingerprint density at radius 3 is 2.50 bits per heavy atom. The van der Waals surface area contributed by atoms with Gasteiger partial charge in [0.15, 0.2) is 26.3 Å². The molecule has 0 aromatic carbocycles. The van der Waals surface area contributed by atoms with Crippen LogP contribution in [0.2, 0.25) is 18.1 Å². The van der Waals surface area contributed by atoms with Crippen molar-refractivity contribution in [3.05, 3.63) is 12.3 Å². The molecule has 0 amide bonds. The molecule has 0 unspecified atom stereocenters. The predicted molar refractivity (Wildman–Crippen MR) is 73.0 cm³/mol. The molecule has 2 atom stereocenters. The standard InChI is InChI=1S/C13H24O4Si/c1-13(2,3)18(5,6)17-9-11-12(15-4)10(14)7-8-16-11/h7-8,11-12H,9H2,1-6H3/t11-,12+/m1/s1. The second kappa shape index (κ2) is 5.55. The molecule has 0 saturated heterocycles. The van der Waals surface area contributed by atoms with E-state index in [9.17, 15) is 4.79 Å². The first-order chi connectivity index (χ1) is 8.19. The zero-order chi connectivity index (χ0) is 14.0. The molecule has 104 valence electrons. The number of hydrogen-bond donors (Lipinski definition) is 0. The van der Waals surface area contributed by atoms with Gasteiger partial charge in [0.1, 0.15) is 0 Å². The minimum atomic E-state index is -1.82. The van der Waals surface area contributed by atoms with Crippen LogP contribution < -0.4 is 0 Å². The molecule has 4 nitrogen and oxygen atoms in total. The summed E-state index contributed by atoms with van der Waals surface area (Å²) in [6, 6.07) is 0. The Kier molecular flexibility index (Phi) is 4.75. The fraction of sp³-hybridized carbons (Fsp3) is 0.769. The summed E-state index contributed by atoms with van der Waals surface area (Å²) in [7, 11) is -0.306. The Bertz CT molecular complexity index is 330. The zero-order valence-electron chi connectivity index (χ0n) is 12.1. The summed E-state index contributed by atoms with van der Waals surface area (Å²) in [6.07, 6.45) is 1.93. The molecule has 1 heterocycles. The topological polar surface area (TPSA) is 44.8 Å². The summed E-state index contributed by atoms with van der Waals surface area (Å²) in [4.78, 5) is 11.6. The summed E-state index contributed by atoms with van der Waals surface area (Å²) in [5, 5.41) is 0.143. The van der Waals surface area contributed by atoms with E-state index in [4.69, 9.17) is 13.9 Å². The summed E-state index contributed by atoms with van der Waals surface area (Å²) in [5.74, 6) is -0.0624. The summed E-state index contributed by atoms with van der Waals surface area (Å²) >= 11 is 0. The van der Waals surface area contributed by atoms with Gasteiger partial charge in [-0.15, -0.1) is 0 Å². The maximum atomic E-state index is 11.6. The van der Waals surface area contributed by atoms with Gasteiger partial charge in [-0.05, 0) is 18.1 Å². The number of hydrogen-bond acceptors (Lipinski definition) is 4. The van der Waals surface area contributed by atoms with Gasteiger partial charge in [0, 0.05) is 13.2 Å². The maximum Gasteiger partial charge on any atom is 0.192 e. The fourth-order valence-corrected chi connectivity index (χ4v) is 2.47. The largest absolute Gasteiger partial charge is 0.492 e. The van der Waals surface area contributed by atoms with Crippen LogP contribution in [0.5, 0.6) is 0 Å². The van der Waals surface area contributed by atoms with Crippen molar-refractivity contribution < 1.29 is 18.7 Å². The van der Waals surface area contributed by atoms with Crippen molar-refractivity contribution in [2.75, 3.05) is 13.7 Å². The average Bonchev–Trinajstić information content (AvgIpc) is 2.25. The molecule has 0 aromatic rings. The second-order valence-corrected chi connectivity index (χ2v) is 10.9. The molecule has 0 aromatic heterocycles. The molecular weight excluding hydrogens is 248 g/mol. The predicted octanol–water partition coefficient (Wildman–Crippen LogP) is 2.50. The fourth-order valence-electron chi connectivity index (χ4n) is 1.46. The van der Waals surface area contributed by atoms with Gasteiger partial charge in [-0.2, -0.15) is 0 Å². The Labute approximate surface area is 110 Å². The normalized spacial score (nSPS) is 25.1. The monoisotopic (exact) mass is 272 g/mol. The van der Waals surface area contributed by atoms with E-state index in [1.807, 2.05) is 0 Å². The molecule has 18 heavy (non-hydrogen) atoms. The van der Waals surface area contributed by atoms with Crippen LogP contribution >= 0.6 is 0 Å². The minimum Gasteiger partial charge on any atom is -0.492 e. The van der Waals surface area contributed by atoms with Crippen LogP contribution in [0.4, 0.5) is 0 Å². The number of rotatable bonds is 4. The van der Waals surface area contributed by atoms with E-state index in [1.165, 1.54) is 19.4 Å². The molecule has 1 aliphatic rings. The van der Waals surface area contributed by atoms with Crippen LogP contribution in [0.25, 0.3) is 0 Å². The molecule has 0 radical (unpaired) electrons. The van der Waals surface area contributed by atoms with Gasteiger partial charge < -0.3 is 13.9 Å². The Morgan fingerprint density at radius 1 is 1.39 bits per heavy atom. The SMILES string of the molecule is CO[C@H]1C(=O)C=CO[C@@H]1CO[Si](C)(C)C(C)(C)C. The maximum absolute atomic E-state index is 11.6. The average molecular weight is 272 g/mol. The molecule has 1 rings (SSSR count). The highest BCUT2D eigenvalue weighted by Crippen LogP contribution is 2.36. The molecule has 0 N–H and O–H groups in total. The molecule has 0 fully saturated rings. The van der Waals surface area contributed by atoms with E-state index >= 15 is 0 Å². The van der Waals surface area contributed by atoms with E-state index in [0.717, 1.165) is 0 Å². The molecule has 0 aliphatic carbocycles. The third-order valence-corrected chi connectivity index (χ3v) is 8.27. The van der Waals surface area contributed by atoms with Gasteiger partial charge in [0.2, 0.25) is 0 Å². The van der Waals surface area contributed by atoms with Gasteiger partial charge in [0.05, 0.1) is 12.9 Å². The quantitative estimate of drug-likeness (QED) is 0.738. The van der Waals surface area contributed by atoms with E-state index in [2.05, 4.69) is 33.9 Å². The molecule has 0 spiro atoms. The molecule has 1 aliphatic heterocycles. The Hall–Kier alpha value is -0.653. The number of carbonyl (C=O) groups excluding carboxylic acids is 1. The van der Waals surface area contributed by atoms with E-state index in [1.54, 1.807) is 0 Å². The van der Waals surface area contributed by atoms with Crippen molar-refractivity contribution in [2.45, 2.75) is 51.1 Å². The zero-order valence-corrected chi connectivity index (χ0v) is 13.1. The second-order valence-electron chi connectivity index (χ2n) is 6.11. The summed E-state index contributed by atoms with van der Waals surface area (Å²) in [6.45, 7) is 11.3. The van der Waals surface area contributed by atoms with Gasteiger partial charge >= 0.3 is 0 Å². The first-order valence-corrected chi connectivity index (χ1v) is 9.12. The van der Waals surface area contributed by atoms with Crippen molar-refractivity contribution in [1.29, 1.82) is 0 Å². The van der Waals surface area contributed by atoms with Crippen LogP contribution in [0.1, 0.15) is 20.8 Å². The van der Waals surface area contributed by atoms with Crippen molar-refractivity contribution >= 4 is 14.1 Å². The van der Waals surface area contributed by atoms with Crippen molar-refractivity contribution in [3.8, 4) is 0 Å². The highest BCUT2D eigenvalue weighted by atomic mass is 28.4. The van der Waals surface area contributed by atoms with Crippen LogP contribution in [-0.4, -0.2) is 40.0 Å².